The summed E-state index contributed by atoms with van der Waals surface area (Å²) in [6, 6.07) is 6.25. The van der Waals surface area contributed by atoms with Crippen molar-refractivity contribution in [2.45, 2.75) is 25.5 Å². The monoisotopic (exact) mass is 402 g/mol. The molecule has 6 nitrogen and oxygen atoms in total. The summed E-state index contributed by atoms with van der Waals surface area (Å²) in [4.78, 5) is 14.1. The van der Waals surface area contributed by atoms with Crippen LogP contribution in [0.4, 0.5) is 8.78 Å². The van der Waals surface area contributed by atoms with Gasteiger partial charge >= 0.3 is 6.61 Å². The van der Waals surface area contributed by atoms with Crippen LogP contribution in [-0.2, 0) is 14.6 Å². The summed E-state index contributed by atoms with van der Waals surface area (Å²) in [5.41, 5.74) is 0.392. The third-order valence-electron chi connectivity index (χ3n) is 4.26. The number of carbonyl (C=O) groups excluding carboxylic acids is 1. The lowest BCUT2D eigenvalue weighted by Gasteiger charge is -2.31. The molecule has 1 saturated heterocycles. The van der Waals surface area contributed by atoms with Crippen molar-refractivity contribution in [3.05, 3.63) is 35.9 Å². The molecular weight excluding hydrogens is 378 g/mol. The number of likely N-dealkylation sites (tertiary alicyclic amines) is 1. The number of hydrogen-bond donors (Lipinski definition) is 1. The second kappa shape index (κ2) is 9.80. The van der Waals surface area contributed by atoms with E-state index in [1.165, 1.54) is 24.5 Å². The Morgan fingerprint density at radius 1 is 1.33 bits per heavy atom. The first-order valence-electron chi connectivity index (χ1n) is 8.65. The number of nitrogens with one attached hydrogen (secondary N) is 1. The third kappa shape index (κ3) is 8.04. The molecule has 2 rings (SSSR count). The number of para-hydroxylation sites is 1. The summed E-state index contributed by atoms with van der Waals surface area (Å²) in [6.45, 7) is -0.994. The van der Waals surface area contributed by atoms with Gasteiger partial charge in [-0.05, 0) is 25.0 Å². The second-order valence-electron chi connectivity index (χ2n) is 6.50. The summed E-state index contributed by atoms with van der Waals surface area (Å²) < 4.78 is 51.6. The quantitative estimate of drug-likeness (QED) is 0.673. The number of sulfone groups is 1. The average molecular weight is 402 g/mol. The standard InChI is InChI=1S/C18H24F2N2O4S/c1-27(24,25)13-12-22-10-8-15(9-11-22)21-17(23)7-6-14-4-2-3-5-16(14)26-18(19)20/h2-7,15,18H,8-13H2,1H3,(H,21,23)/b7-6+. The Bertz CT molecular complexity index is 760. The van der Waals surface area contributed by atoms with Gasteiger partial charge in [-0.15, -0.1) is 0 Å². The largest absolute Gasteiger partial charge is 0.434 e. The minimum atomic E-state index is -2.98. The van der Waals surface area contributed by atoms with Gasteiger partial charge in [-0.1, -0.05) is 18.2 Å². The Balaban J connectivity index is 1.81. The van der Waals surface area contributed by atoms with Gasteiger partial charge in [0, 0.05) is 43.6 Å². The van der Waals surface area contributed by atoms with Crippen LogP contribution < -0.4 is 10.1 Å². The van der Waals surface area contributed by atoms with Crippen molar-refractivity contribution in [1.82, 2.24) is 10.2 Å². The van der Waals surface area contributed by atoms with Crippen LogP contribution in [0.2, 0.25) is 0 Å². The van der Waals surface area contributed by atoms with Crippen molar-refractivity contribution in [3.63, 3.8) is 0 Å². The van der Waals surface area contributed by atoms with Crippen LogP contribution in [0.5, 0.6) is 5.75 Å². The maximum Gasteiger partial charge on any atom is 0.387 e. The molecule has 9 heteroatoms. The molecule has 0 aliphatic carbocycles. The Kier molecular flexibility index (Phi) is 7.73. The molecule has 0 radical (unpaired) electrons. The number of benzene rings is 1. The average Bonchev–Trinajstić information content (AvgIpc) is 2.59. The van der Waals surface area contributed by atoms with Crippen LogP contribution in [0.25, 0.3) is 6.08 Å². The van der Waals surface area contributed by atoms with Crippen LogP contribution in [0.15, 0.2) is 30.3 Å². The lowest BCUT2D eigenvalue weighted by Crippen LogP contribution is -2.45. The van der Waals surface area contributed by atoms with Crippen molar-refractivity contribution < 1.29 is 26.7 Å². The van der Waals surface area contributed by atoms with Gasteiger partial charge in [-0.3, -0.25) is 4.79 Å². The molecule has 1 aliphatic rings. The first-order chi connectivity index (χ1) is 12.7. The topological polar surface area (TPSA) is 75.7 Å². The molecule has 1 amide bonds. The van der Waals surface area contributed by atoms with Crippen LogP contribution in [0, 0.1) is 0 Å². The zero-order chi connectivity index (χ0) is 19.9. The Labute approximate surface area is 158 Å². The Hall–Kier alpha value is -2.00. The van der Waals surface area contributed by atoms with Gasteiger partial charge in [0.05, 0.1) is 5.75 Å². The SMILES string of the molecule is CS(=O)(=O)CCN1CCC(NC(=O)/C=C/c2ccccc2OC(F)F)CC1. The van der Waals surface area contributed by atoms with Crippen molar-refractivity contribution in [3.8, 4) is 5.75 Å². The Morgan fingerprint density at radius 3 is 2.63 bits per heavy atom. The van der Waals surface area contributed by atoms with E-state index in [-0.39, 0.29) is 23.5 Å². The van der Waals surface area contributed by atoms with E-state index in [9.17, 15) is 22.0 Å². The molecule has 0 aromatic heterocycles. The first-order valence-corrected chi connectivity index (χ1v) is 10.7. The maximum atomic E-state index is 12.4. The lowest BCUT2D eigenvalue weighted by molar-refractivity contribution is -0.117. The fourth-order valence-electron chi connectivity index (χ4n) is 2.83. The van der Waals surface area contributed by atoms with Gasteiger partial charge in [0.1, 0.15) is 15.6 Å². The van der Waals surface area contributed by atoms with Crippen molar-refractivity contribution in [2.75, 3.05) is 31.6 Å². The predicted molar refractivity (Wildman–Crippen MR) is 99.4 cm³/mol. The highest BCUT2D eigenvalue weighted by molar-refractivity contribution is 7.90. The molecule has 1 fully saturated rings. The van der Waals surface area contributed by atoms with Crippen LogP contribution in [0.1, 0.15) is 18.4 Å². The van der Waals surface area contributed by atoms with E-state index in [1.807, 2.05) is 0 Å². The first kappa shape index (κ1) is 21.3. The minimum Gasteiger partial charge on any atom is -0.434 e. The molecule has 0 bridgehead atoms. The molecule has 1 aromatic carbocycles. The van der Waals surface area contributed by atoms with E-state index in [2.05, 4.69) is 15.0 Å². The van der Waals surface area contributed by atoms with Gasteiger partial charge in [0.25, 0.3) is 0 Å². The number of halogens is 2. The van der Waals surface area contributed by atoms with Crippen molar-refractivity contribution >= 4 is 21.8 Å². The maximum absolute atomic E-state index is 12.4. The van der Waals surface area contributed by atoms with Crippen LogP contribution >= 0.6 is 0 Å². The van der Waals surface area contributed by atoms with E-state index in [0.29, 0.717) is 12.1 Å². The molecule has 0 atom stereocenters. The van der Waals surface area contributed by atoms with E-state index in [4.69, 9.17) is 0 Å². The summed E-state index contributed by atoms with van der Waals surface area (Å²) in [5.74, 6) is -0.167. The molecular formula is C18H24F2N2O4S. The number of ether oxygens (including phenoxy) is 1. The van der Waals surface area contributed by atoms with E-state index in [1.54, 1.807) is 18.2 Å². The highest BCUT2D eigenvalue weighted by Crippen LogP contribution is 2.21. The number of carbonyl (C=O) groups is 1. The zero-order valence-electron chi connectivity index (χ0n) is 15.1. The van der Waals surface area contributed by atoms with Crippen LogP contribution in [0.3, 0.4) is 0 Å². The number of alkyl halides is 2. The molecule has 0 saturated carbocycles. The van der Waals surface area contributed by atoms with Crippen molar-refractivity contribution in [2.24, 2.45) is 0 Å². The second-order valence-corrected chi connectivity index (χ2v) is 8.76. The molecule has 0 spiro atoms. The molecule has 0 unspecified atom stereocenters. The summed E-state index contributed by atoms with van der Waals surface area (Å²) in [7, 11) is -2.98. The predicted octanol–water partition coefficient (Wildman–Crippen LogP) is 1.93. The normalized spacial score (nSPS) is 16.7. The number of piperidine rings is 1. The number of nitrogens with zero attached hydrogens (tertiary/aromatic N) is 1. The van der Waals surface area contributed by atoms with Gasteiger partial charge in [0.2, 0.25) is 5.91 Å². The highest BCUT2D eigenvalue weighted by Gasteiger charge is 2.20. The number of hydrogen-bond acceptors (Lipinski definition) is 5. The Morgan fingerprint density at radius 2 is 2.00 bits per heavy atom. The summed E-state index contributed by atoms with van der Waals surface area (Å²) >= 11 is 0. The van der Waals surface area contributed by atoms with Gasteiger partial charge in [-0.2, -0.15) is 8.78 Å². The fourth-order valence-corrected chi connectivity index (χ4v) is 3.42. The fraction of sp³-hybridized carbons (Fsp3) is 0.500. The van der Waals surface area contributed by atoms with Gasteiger partial charge in [-0.25, -0.2) is 8.42 Å². The smallest absolute Gasteiger partial charge is 0.387 e. The van der Waals surface area contributed by atoms with Gasteiger partial charge < -0.3 is 15.0 Å². The summed E-state index contributed by atoms with van der Waals surface area (Å²) in [6.07, 6.45) is 5.41. The van der Waals surface area contributed by atoms with Gasteiger partial charge in [0.15, 0.2) is 0 Å². The molecule has 1 aliphatic heterocycles. The number of amides is 1. The molecule has 1 N–H and O–H groups in total. The van der Waals surface area contributed by atoms with Crippen LogP contribution in [-0.4, -0.2) is 63.5 Å². The molecule has 1 aromatic rings. The van der Waals surface area contributed by atoms with Crippen molar-refractivity contribution in [1.29, 1.82) is 0 Å². The zero-order valence-corrected chi connectivity index (χ0v) is 15.9. The molecule has 150 valence electrons. The van der Waals surface area contributed by atoms with E-state index < -0.39 is 16.4 Å². The van der Waals surface area contributed by atoms with E-state index >= 15 is 0 Å². The van der Waals surface area contributed by atoms with E-state index in [0.717, 1.165) is 25.9 Å². The summed E-state index contributed by atoms with van der Waals surface area (Å²) in [5, 5.41) is 2.88. The number of rotatable bonds is 8. The highest BCUT2D eigenvalue weighted by atomic mass is 32.2. The lowest BCUT2D eigenvalue weighted by atomic mass is 10.1. The molecule has 27 heavy (non-hydrogen) atoms. The molecule has 1 heterocycles. The third-order valence-corrected chi connectivity index (χ3v) is 5.19. The minimum absolute atomic E-state index is 0.00388.